The van der Waals surface area contributed by atoms with E-state index >= 15 is 0 Å². The summed E-state index contributed by atoms with van der Waals surface area (Å²) >= 11 is 0. The molecule has 2 aromatic heterocycles. The number of alkyl halides is 3. The third-order valence-electron chi connectivity index (χ3n) is 7.71. The Balaban J connectivity index is 1.58. The SMILES string of the molecule is CC(=O)c1cc(-c2cccnc2[C@@H](CC(=O)Cn2c(C(F)(F)F)nc3cc(C)c(C)cc32)Cc2cc(F)cc(F)c2)ccc1F. The van der Waals surface area contributed by atoms with Gasteiger partial charge in [0.25, 0.3) is 0 Å². The van der Waals surface area contributed by atoms with Gasteiger partial charge in [0.05, 0.1) is 28.8 Å². The third-order valence-corrected chi connectivity index (χ3v) is 7.71. The van der Waals surface area contributed by atoms with Gasteiger partial charge < -0.3 is 4.57 Å². The minimum Gasteiger partial charge on any atom is -0.313 e. The molecule has 1 atom stereocenters. The largest absolute Gasteiger partial charge is 0.449 e. The summed E-state index contributed by atoms with van der Waals surface area (Å²) in [7, 11) is 0. The first-order valence-corrected chi connectivity index (χ1v) is 14.0. The second kappa shape index (κ2) is 12.3. The number of nitrogens with zero attached hydrogens (tertiary/aromatic N) is 3. The molecule has 0 N–H and O–H groups in total. The molecule has 45 heavy (non-hydrogen) atoms. The Kier molecular flexibility index (Phi) is 8.64. The molecule has 0 radical (unpaired) electrons. The number of hydrogen-bond acceptors (Lipinski definition) is 4. The van der Waals surface area contributed by atoms with Crippen LogP contribution in [0.25, 0.3) is 22.2 Å². The first-order chi connectivity index (χ1) is 21.2. The van der Waals surface area contributed by atoms with Crippen LogP contribution in [0.1, 0.15) is 57.8 Å². The highest BCUT2D eigenvalue weighted by Gasteiger charge is 2.38. The summed E-state index contributed by atoms with van der Waals surface area (Å²) in [6.45, 7) is 4.03. The van der Waals surface area contributed by atoms with E-state index in [1.165, 1.54) is 31.3 Å². The highest BCUT2D eigenvalue weighted by molar-refractivity contribution is 5.95. The van der Waals surface area contributed by atoms with Crippen molar-refractivity contribution in [2.24, 2.45) is 0 Å². The van der Waals surface area contributed by atoms with Crippen LogP contribution in [0, 0.1) is 31.3 Å². The number of rotatable bonds is 9. The van der Waals surface area contributed by atoms with E-state index in [1.54, 1.807) is 32.0 Å². The van der Waals surface area contributed by atoms with Crippen LogP contribution in [0.5, 0.6) is 0 Å². The highest BCUT2D eigenvalue weighted by atomic mass is 19.4. The van der Waals surface area contributed by atoms with E-state index in [0.717, 1.165) is 33.9 Å². The molecule has 0 aliphatic rings. The molecular formula is C34H27F6N3O2. The second-order valence-corrected chi connectivity index (χ2v) is 11.1. The number of aryl methyl sites for hydroxylation is 2. The summed E-state index contributed by atoms with van der Waals surface area (Å²) < 4.78 is 85.7. The van der Waals surface area contributed by atoms with Gasteiger partial charge in [0.1, 0.15) is 17.5 Å². The van der Waals surface area contributed by atoms with Crippen LogP contribution in [0.15, 0.2) is 66.9 Å². The minimum absolute atomic E-state index is 0.0922. The maximum atomic E-state index is 14.3. The second-order valence-electron chi connectivity index (χ2n) is 11.1. The number of halogens is 6. The van der Waals surface area contributed by atoms with Gasteiger partial charge in [-0.05, 0) is 91.9 Å². The quantitative estimate of drug-likeness (QED) is 0.122. The van der Waals surface area contributed by atoms with Crippen molar-refractivity contribution in [1.29, 1.82) is 0 Å². The zero-order chi connectivity index (χ0) is 32.6. The first kappa shape index (κ1) is 31.6. The predicted octanol–water partition coefficient (Wildman–Crippen LogP) is 8.34. The highest BCUT2D eigenvalue weighted by Crippen LogP contribution is 2.35. The number of ketones is 2. The predicted molar refractivity (Wildman–Crippen MR) is 156 cm³/mol. The van der Waals surface area contributed by atoms with E-state index in [4.69, 9.17) is 0 Å². The maximum Gasteiger partial charge on any atom is 0.449 e. The van der Waals surface area contributed by atoms with Gasteiger partial charge in [-0.1, -0.05) is 12.1 Å². The van der Waals surface area contributed by atoms with Gasteiger partial charge in [0, 0.05) is 30.2 Å². The van der Waals surface area contributed by atoms with E-state index < -0.39 is 53.5 Å². The number of aromatic nitrogens is 3. The molecule has 0 aliphatic carbocycles. The van der Waals surface area contributed by atoms with Gasteiger partial charge in [-0.2, -0.15) is 13.2 Å². The Labute approximate surface area is 254 Å². The van der Waals surface area contributed by atoms with Crippen LogP contribution < -0.4 is 0 Å². The standard InChI is InChI=1S/C34H27F6N3O2/c1-18-9-30-31(10-19(18)2)43(33(42-30)34(38,39)40)17-26(45)14-23(11-21-12-24(35)16-25(36)13-21)32-27(5-4-8-41-32)22-6-7-29(37)28(15-22)20(3)44/h4-10,12-13,15-16,23H,11,14,17H2,1-3H3/t23-/m1/s1. The smallest absolute Gasteiger partial charge is 0.313 e. The van der Waals surface area contributed by atoms with E-state index in [2.05, 4.69) is 9.97 Å². The number of fused-ring (bicyclic) bond motifs is 1. The molecule has 5 rings (SSSR count). The molecule has 232 valence electrons. The van der Waals surface area contributed by atoms with Crippen molar-refractivity contribution in [2.45, 2.75) is 52.3 Å². The molecule has 0 unspecified atom stereocenters. The summed E-state index contributed by atoms with van der Waals surface area (Å²) in [5.41, 5.74) is 2.83. The van der Waals surface area contributed by atoms with Gasteiger partial charge in [-0.15, -0.1) is 0 Å². The van der Waals surface area contributed by atoms with Crippen molar-refractivity contribution < 1.29 is 35.9 Å². The normalized spacial score (nSPS) is 12.5. The molecule has 0 spiro atoms. The molecule has 0 amide bonds. The Morgan fingerprint density at radius 2 is 1.60 bits per heavy atom. The molecule has 0 aliphatic heterocycles. The van der Waals surface area contributed by atoms with Crippen molar-refractivity contribution in [2.75, 3.05) is 0 Å². The van der Waals surface area contributed by atoms with Crippen molar-refractivity contribution in [3.8, 4) is 11.1 Å². The Bertz CT molecular complexity index is 1930. The number of hydrogen-bond donors (Lipinski definition) is 0. The summed E-state index contributed by atoms with van der Waals surface area (Å²) in [5, 5.41) is 0. The number of carbonyl (C=O) groups is 2. The fourth-order valence-electron chi connectivity index (χ4n) is 5.50. The average Bonchev–Trinajstić information content (AvgIpc) is 3.29. The van der Waals surface area contributed by atoms with E-state index in [-0.39, 0.29) is 40.7 Å². The van der Waals surface area contributed by atoms with Crippen molar-refractivity contribution in [3.05, 3.63) is 118 Å². The third kappa shape index (κ3) is 6.82. The van der Waals surface area contributed by atoms with E-state index in [1.807, 2.05) is 0 Å². The zero-order valence-electron chi connectivity index (χ0n) is 24.5. The van der Waals surface area contributed by atoms with Crippen LogP contribution in [-0.4, -0.2) is 26.1 Å². The summed E-state index contributed by atoms with van der Waals surface area (Å²) in [6, 6.07) is 13.1. The Morgan fingerprint density at radius 3 is 2.27 bits per heavy atom. The molecule has 0 saturated heterocycles. The molecular weight excluding hydrogens is 596 g/mol. The van der Waals surface area contributed by atoms with Crippen LogP contribution in [0.3, 0.4) is 0 Å². The molecule has 0 bridgehead atoms. The molecule has 3 aromatic carbocycles. The van der Waals surface area contributed by atoms with Crippen LogP contribution in [0.2, 0.25) is 0 Å². The Morgan fingerprint density at radius 1 is 0.911 bits per heavy atom. The molecule has 0 fully saturated rings. The van der Waals surface area contributed by atoms with Gasteiger partial charge in [0.15, 0.2) is 11.6 Å². The monoisotopic (exact) mass is 623 g/mol. The number of pyridine rings is 1. The summed E-state index contributed by atoms with van der Waals surface area (Å²) in [5.74, 6) is -5.62. The van der Waals surface area contributed by atoms with E-state index in [9.17, 15) is 35.9 Å². The van der Waals surface area contributed by atoms with Crippen molar-refractivity contribution >= 4 is 22.6 Å². The fourth-order valence-corrected chi connectivity index (χ4v) is 5.50. The first-order valence-electron chi connectivity index (χ1n) is 14.0. The molecule has 11 heteroatoms. The van der Waals surface area contributed by atoms with Crippen molar-refractivity contribution in [1.82, 2.24) is 14.5 Å². The number of carbonyl (C=O) groups excluding carboxylic acids is 2. The van der Waals surface area contributed by atoms with Crippen molar-refractivity contribution in [3.63, 3.8) is 0 Å². The number of imidazole rings is 1. The fraction of sp³-hybridized carbons (Fsp3) is 0.235. The van der Waals surface area contributed by atoms with Crippen LogP contribution in [-0.2, 0) is 23.9 Å². The lowest BCUT2D eigenvalue weighted by Crippen LogP contribution is -2.21. The number of Topliss-reactive ketones (excluding diaryl/α,β-unsaturated/α-hetero) is 2. The zero-order valence-corrected chi connectivity index (χ0v) is 24.5. The molecule has 0 saturated carbocycles. The van der Waals surface area contributed by atoms with Gasteiger partial charge in [0.2, 0.25) is 5.82 Å². The average molecular weight is 624 g/mol. The topological polar surface area (TPSA) is 64.8 Å². The van der Waals surface area contributed by atoms with Crippen LogP contribution >= 0.6 is 0 Å². The number of benzene rings is 3. The molecule has 2 heterocycles. The maximum absolute atomic E-state index is 14.3. The lowest BCUT2D eigenvalue weighted by Gasteiger charge is -2.21. The lowest BCUT2D eigenvalue weighted by molar-refractivity contribution is -0.147. The summed E-state index contributed by atoms with van der Waals surface area (Å²) in [6.07, 6.45) is -3.86. The van der Waals surface area contributed by atoms with E-state index in [0.29, 0.717) is 17.2 Å². The summed E-state index contributed by atoms with van der Waals surface area (Å²) in [4.78, 5) is 33.9. The van der Waals surface area contributed by atoms with Gasteiger partial charge in [-0.3, -0.25) is 14.6 Å². The van der Waals surface area contributed by atoms with Gasteiger partial charge in [-0.25, -0.2) is 18.2 Å². The molecule has 5 aromatic rings. The van der Waals surface area contributed by atoms with Gasteiger partial charge >= 0.3 is 6.18 Å². The molecule has 5 nitrogen and oxygen atoms in total. The Hall–Kier alpha value is -4.80. The lowest BCUT2D eigenvalue weighted by atomic mass is 9.86. The van der Waals surface area contributed by atoms with Crippen LogP contribution in [0.4, 0.5) is 26.3 Å². The minimum atomic E-state index is -4.84.